The molecule has 5 nitrogen and oxygen atoms in total. The summed E-state index contributed by atoms with van der Waals surface area (Å²) in [5.74, 6) is 0.730. The van der Waals surface area contributed by atoms with Crippen LogP contribution in [-0.4, -0.2) is 19.6 Å². The quantitative estimate of drug-likeness (QED) is 0.740. The van der Waals surface area contributed by atoms with Crippen LogP contribution in [0.1, 0.15) is 5.56 Å². The molecular weight excluding hydrogens is 208 g/mol. The molecule has 1 aliphatic rings. The van der Waals surface area contributed by atoms with Gasteiger partial charge >= 0.3 is 10.4 Å². The molecule has 0 saturated heterocycles. The molecule has 14 heavy (non-hydrogen) atoms. The molecule has 1 aliphatic heterocycles. The molecule has 0 saturated carbocycles. The maximum absolute atomic E-state index is 10.5. The smallest absolute Gasteiger partial charge is 0.446 e. The molecule has 1 N–H and O–H groups in total. The Morgan fingerprint density at radius 3 is 2.93 bits per heavy atom. The SMILES string of the molecule is O=S(=O)(O)Oc1cccc2c1CCO2. The molecule has 2 rings (SSSR count). The molecule has 0 bridgehead atoms. The van der Waals surface area contributed by atoms with Gasteiger partial charge in [-0.3, -0.25) is 4.55 Å². The Hall–Kier alpha value is -1.27. The standard InChI is InChI=1S/C8H8O5S/c9-14(10,11)13-8-3-1-2-7-6(8)4-5-12-7/h1-3H,4-5H2,(H,9,10,11). The van der Waals surface area contributed by atoms with Crippen molar-refractivity contribution in [2.24, 2.45) is 0 Å². The molecule has 0 fully saturated rings. The molecule has 0 aromatic heterocycles. The van der Waals surface area contributed by atoms with Crippen molar-refractivity contribution in [1.82, 2.24) is 0 Å². The minimum absolute atomic E-state index is 0.127. The summed E-state index contributed by atoms with van der Waals surface area (Å²) < 4.78 is 39.1. The van der Waals surface area contributed by atoms with Crippen LogP contribution in [0.4, 0.5) is 0 Å². The number of hydrogen-bond acceptors (Lipinski definition) is 4. The highest BCUT2D eigenvalue weighted by atomic mass is 32.3. The third kappa shape index (κ3) is 1.80. The van der Waals surface area contributed by atoms with Crippen LogP contribution in [0.2, 0.25) is 0 Å². The van der Waals surface area contributed by atoms with Crippen LogP contribution < -0.4 is 8.92 Å². The number of fused-ring (bicyclic) bond motifs is 1. The number of hydrogen-bond donors (Lipinski definition) is 1. The zero-order valence-corrected chi connectivity index (χ0v) is 7.95. The summed E-state index contributed by atoms with van der Waals surface area (Å²) in [4.78, 5) is 0. The van der Waals surface area contributed by atoms with Crippen molar-refractivity contribution in [3.8, 4) is 11.5 Å². The molecule has 0 atom stereocenters. The van der Waals surface area contributed by atoms with Crippen molar-refractivity contribution >= 4 is 10.4 Å². The topological polar surface area (TPSA) is 72.8 Å². The summed E-state index contributed by atoms with van der Waals surface area (Å²) in [7, 11) is -4.45. The molecule has 6 heteroatoms. The van der Waals surface area contributed by atoms with E-state index in [4.69, 9.17) is 9.29 Å². The molecule has 0 spiro atoms. The molecule has 0 amide bonds. The highest BCUT2D eigenvalue weighted by molar-refractivity contribution is 7.81. The average molecular weight is 216 g/mol. The third-order valence-corrected chi connectivity index (χ3v) is 2.28. The summed E-state index contributed by atoms with van der Waals surface area (Å²) >= 11 is 0. The van der Waals surface area contributed by atoms with E-state index in [2.05, 4.69) is 4.18 Å². The van der Waals surface area contributed by atoms with Crippen LogP contribution in [0, 0.1) is 0 Å². The maximum atomic E-state index is 10.5. The Morgan fingerprint density at radius 2 is 2.21 bits per heavy atom. The van der Waals surface area contributed by atoms with Crippen molar-refractivity contribution in [1.29, 1.82) is 0 Å². The third-order valence-electron chi connectivity index (χ3n) is 1.89. The predicted octanol–water partition coefficient (Wildman–Crippen LogP) is 0.803. The van der Waals surface area contributed by atoms with E-state index in [0.29, 0.717) is 24.3 Å². The van der Waals surface area contributed by atoms with Gasteiger partial charge in [-0.25, -0.2) is 0 Å². The number of ether oxygens (including phenoxy) is 1. The minimum Gasteiger partial charge on any atom is -0.493 e. The first kappa shape index (κ1) is 9.29. The van der Waals surface area contributed by atoms with Gasteiger partial charge in [0.1, 0.15) is 5.75 Å². The second-order valence-corrected chi connectivity index (χ2v) is 3.86. The molecule has 0 aliphatic carbocycles. The van der Waals surface area contributed by atoms with E-state index in [1.165, 1.54) is 6.07 Å². The number of benzene rings is 1. The largest absolute Gasteiger partial charge is 0.493 e. The highest BCUT2D eigenvalue weighted by Gasteiger charge is 2.19. The zero-order chi connectivity index (χ0) is 10.2. The van der Waals surface area contributed by atoms with E-state index in [0.717, 1.165) is 0 Å². The fourth-order valence-corrected chi connectivity index (χ4v) is 1.76. The van der Waals surface area contributed by atoms with Crippen molar-refractivity contribution in [2.45, 2.75) is 6.42 Å². The summed E-state index contributed by atoms with van der Waals surface area (Å²) in [6.07, 6.45) is 0.584. The minimum atomic E-state index is -4.45. The van der Waals surface area contributed by atoms with Crippen LogP contribution >= 0.6 is 0 Å². The van der Waals surface area contributed by atoms with Gasteiger partial charge in [-0.05, 0) is 12.1 Å². The van der Waals surface area contributed by atoms with Crippen molar-refractivity contribution in [3.63, 3.8) is 0 Å². The Bertz CT molecular complexity index is 451. The molecule has 0 unspecified atom stereocenters. The van der Waals surface area contributed by atoms with Crippen molar-refractivity contribution in [2.75, 3.05) is 6.61 Å². The van der Waals surface area contributed by atoms with Crippen LogP contribution in [-0.2, 0) is 16.8 Å². The van der Waals surface area contributed by atoms with E-state index < -0.39 is 10.4 Å². The fraction of sp³-hybridized carbons (Fsp3) is 0.250. The second-order valence-electron chi connectivity index (χ2n) is 2.84. The molecule has 76 valence electrons. The van der Waals surface area contributed by atoms with Gasteiger partial charge in [-0.2, -0.15) is 8.42 Å². The Morgan fingerprint density at radius 1 is 1.43 bits per heavy atom. The van der Waals surface area contributed by atoms with Crippen LogP contribution in [0.15, 0.2) is 18.2 Å². The van der Waals surface area contributed by atoms with Gasteiger partial charge in [-0.15, -0.1) is 0 Å². The van der Waals surface area contributed by atoms with Crippen molar-refractivity contribution < 1.29 is 21.9 Å². The second kappa shape index (κ2) is 3.14. The lowest BCUT2D eigenvalue weighted by Crippen LogP contribution is -2.07. The molecule has 1 aromatic rings. The van der Waals surface area contributed by atoms with Crippen LogP contribution in [0.3, 0.4) is 0 Å². The maximum Gasteiger partial charge on any atom is 0.446 e. The summed E-state index contributed by atoms with van der Waals surface area (Å²) in [5.41, 5.74) is 0.671. The van der Waals surface area contributed by atoms with Gasteiger partial charge in [0.15, 0.2) is 5.75 Å². The zero-order valence-electron chi connectivity index (χ0n) is 7.13. The van der Waals surface area contributed by atoms with Crippen molar-refractivity contribution in [3.05, 3.63) is 23.8 Å². The van der Waals surface area contributed by atoms with Gasteiger partial charge in [0.05, 0.1) is 6.61 Å². The lowest BCUT2D eigenvalue weighted by atomic mass is 10.1. The monoisotopic (exact) mass is 216 g/mol. The van der Waals surface area contributed by atoms with Gasteiger partial charge < -0.3 is 8.92 Å². The first-order chi connectivity index (χ1) is 6.56. The first-order valence-corrected chi connectivity index (χ1v) is 5.34. The molecule has 0 radical (unpaired) electrons. The normalized spacial score (nSPS) is 14.6. The molecule has 1 heterocycles. The summed E-state index contributed by atoms with van der Waals surface area (Å²) in [6.45, 7) is 0.501. The van der Waals surface area contributed by atoms with E-state index in [-0.39, 0.29) is 5.75 Å². The van der Waals surface area contributed by atoms with Gasteiger partial charge in [-0.1, -0.05) is 6.07 Å². The molecule has 1 aromatic carbocycles. The highest BCUT2D eigenvalue weighted by Crippen LogP contribution is 2.33. The van der Waals surface area contributed by atoms with E-state index in [9.17, 15) is 8.42 Å². The van der Waals surface area contributed by atoms with Gasteiger partial charge in [0.2, 0.25) is 0 Å². The average Bonchev–Trinajstić information content (AvgIpc) is 2.49. The van der Waals surface area contributed by atoms with E-state index in [1.807, 2.05) is 0 Å². The predicted molar refractivity (Wildman–Crippen MR) is 47.8 cm³/mol. The molecular formula is C8H8O5S. The van der Waals surface area contributed by atoms with Crippen LogP contribution in [0.5, 0.6) is 11.5 Å². The van der Waals surface area contributed by atoms with E-state index in [1.54, 1.807) is 12.1 Å². The van der Waals surface area contributed by atoms with Gasteiger partial charge in [0.25, 0.3) is 0 Å². The Kier molecular flexibility index (Phi) is 2.09. The lowest BCUT2D eigenvalue weighted by Gasteiger charge is -2.05. The lowest BCUT2D eigenvalue weighted by molar-refractivity contribution is 0.357. The summed E-state index contributed by atoms with van der Waals surface area (Å²) in [5, 5.41) is 0. The van der Waals surface area contributed by atoms with E-state index >= 15 is 0 Å². The number of rotatable bonds is 2. The summed E-state index contributed by atoms with van der Waals surface area (Å²) in [6, 6.07) is 4.80. The first-order valence-electron chi connectivity index (χ1n) is 3.98. The van der Waals surface area contributed by atoms with Gasteiger partial charge in [0, 0.05) is 12.0 Å². The Labute approximate surface area is 81.2 Å². The fourth-order valence-electron chi connectivity index (χ4n) is 1.38. The van der Waals surface area contributed by atoms with Crippen LogP contribution in [0.25, 0.3) is 0 Å². The Balaban J connectivity index is 2.40.